The second kappa shape index (κ2) is 6.91. The fourth-order valence-corrected chi connectivity index (χ4v) is 2.68. The molecule has 0 bridgehead atoms. The first kappa shape index (κ1) is 14.4. The van der Waals surface area contributed by atoms with Crippen LogP contribution < -0.4 is 10.1 Å². The number of hydrogen-bond donors (Lipinski definition) is 1. The summed E-state index contributed by atoms with van der Waals surface area (Å²) in [7, 11) is 0. The maximum atomic E-state index is 12.4. The predicted molar refractivity (Wildman–Crippen MR) is 88.4 cm³/mol. The molecule has 3 rings (SSSR count). The van der Waals surface area contributed by atoms with Gasteiger partial charge in [-0.2, -0.15) is 0 Å². The molecule has 0 atom stereocenters. The molecule has 3 nitrogen and oxygen atoms in total. The van der Waals surface area contributed by atoms with Gasteiger partial charge in [0.05, 0.1) is 12.1 Å². The van der Waals surface area contributed by atoms with Crippen LogP contribution in [-0.2, 0) is 6.54 Å². The summed E-state index contributed by atoms with van der Waals surface area (Å²) in [6.07, 6.45) is 0. The molecule has 3 aromatic rings. The van der Waals surface area contributed by atoms with Crippen molar-refractivity contribution in [2.45, 2.75) is 6.54 Å². The van der Waals surface area contributed by atoms with Gasteiger partial charge in [-0.1, -0.05) is 36.4 Å². The average molecular weight is 309 g/mol. The first-order valence-electron chi connectivity index (χ1n) is 6.95. The molecule has 1 heterocycles. The molecular formula is C18H15NO2S. The molecule has 0 spiro atoms. The van der Waals surface area contributed by atoms with Crippen molar-refractivity contribution in [3.8, 4) is 11.5 Å². The van der Waals surface area contributed by atoms with E-state index in [0.717, 1.165) is 4.88 Å². The minimum atomic E-state index is -0.139. The number of carbonyl (C=O) groups excluding carboxylic acids is 1. The van der Waals surface area contributed by atoms with Gasteiger partial charge in [0.2, 0.25) is 0 Å². The normalized spacial score (nSPS) is 10.2. The topological polar surface area (TPSA) is 38.3 Å². The van der Waals surface area contributed by atoms with Crippen LogP contribution in [-0.4, -0.2) is 5.91 Å². The predicted octanol–water partition coefficient (Wildman–Crippen LogP) is 4.47. The first-order valence-corrected chi connectivity index (χ1v) is 7.83. The number of amides is 1. The van der Waals surface area contributed by atoms with E-state index in [0.29, 0.717) is 23.6 Å². The smallest absolute Gasteiger partial charge is 0.255 e. The summed E-state index contributed by atoms with van der Waals surface area (Å²) < 4.78 is 5.81. The van der Waals surface area contributed by atoms with Crippen LogP contribution in [0.15, 0.2) is 72.1 Å². The van der Waals surface area contributed by atoms with E-state index in [9.17, 15) is 4.79 Å². The fraction of sp³-hybridized carbons (Fsp3) is 0.0556. The van der Waals surface area contributed by atoms with E-state index in [1.165, 1.54) is 0 Å². The van der Waals surface area contributed by atoms with E-state index in [1.54, 1.807) is 23.5 Å². The van der Waals surface area contributed by atoms with Gasteiger partial charge in [0.25, 0.3) is 5.91 Å². The molecule has 1 aromatic heterocycles. The zero-order chi connectivity index (χ0) is 15.2. The Bertz CT molecular complexity index is 739. The largest absolute Gasteiger partial charge is 0.457 e. The number of benzene rings is 2. The van der Waals surface area contributed by atoms with Crippen LogP contribution >= 0.6 is 11.3 Å². The van der Waals surface area contributed by atoms with Gasteiger partial charge in [0, 0.05) is 4.88 Å². The molecule has 1 N–H and O–H groups in total. The van der Waals surface area contributed by atoms with Crippen LogP contribution in [0.25, 0.3) is 0 Å². The molecular weight excluding hydrogens is 294 g/mol. The Morgan fingerprint density at radius 3 is 2.50 bits per heavy atom. The molecule has 0 aliphatic rings. The highest BCUT2D eigenvalue weighted by Gasteiger charge is 2.12. The summed E-state index contributed by atoms with van der Waals surface area (Å²) in [4.78, 5) is 13.5. The lowest BCUT2D eigenvalue weighted by Gasteiger charge is -2.11. The van der Waals surface area contributed by atoms with Crippen LogP contribution in [0, 0.1) is 0 Å². The second-order valence-electron chi connectivity index (χ2n) is 4.67. The van der Waals surface area contributed by atoms with Crippen LogP contribution in [0.4, 0.5) is 0 Å². The Kier molecular flexibility index (Phi) is 4.51. The van der Waals surface area contributed by atoms with Gasteiger partial charge in [0.15, 0.2) is 0 Å². The Morgan fingerprint density at radius 2 is 1.73 bits per heavy atom. The van der Waals surface area contributed by atoms with Gasteiger partial charge >= 0.3 is 0 Å². The van der Waals surface area contributed by atoms with Gasteiger partial charge in [0.1, 0.15) is 11.5 Å². The standard InChI is InChI=1S/C18H15NO2S/c20-18(19-13-15-9-6-12-22-15)16-10-4-5-11-17(16)21-14-7-2-1-3-8-14/h1-12H,13H2,(H,19,20). The summed E-state index contributed by atoms with van der Waals surface area (Å²) in [5.74, 6) is 1.12. The third-order valence-electron chi connectivity index (χ3n) is 3.11. The number of rotatable bonds is 5. The molecule has 110 valence electrons. The molecule has 2 aromatic carbocycles. The molecule has 0 radical (unpaired) electrons. The maximum absolute atomic E-state index is 12.4. The summed E-state index contributed by atoms with van der Waals surface area (Å²) in [5.41, 5.74) is 0.530. The zero-order valence-corrected chi connectivity index (χ0v) is 12.7. The number of thiophene rings is 1. The van der Waals surface area contributed by atoms with Gasteiger partial charge in [-0.3, -0.25) is 4.79 Å². The van der Waals surface area contributed by atoms with Crippen molar-refractivity contribution < 1.29 is 9.53 Å². The minimum Gasteiger partial charge on any atom is -0.457 e. The summed E-state index contributed by atoms with van der Waals surface area (Å²) in [5, 5.41) is 4.91. The fourth-order valence-electron chi connectivity index (χ4n) is 2.03. The van der Waals surface area contributed by atoms with Crippen LogP contribution in [0.3, 0.4) is 0 Å². The van der Waals surface area contributed by atoms with Crippen LogP contribution in [0.5, 0.6) is 11.5 Å². The van der Waals surface area contributed by atoms with Gasteiger partial charge in [-0.05, 0) is 35.7 Å². The summed E-state index contributed by atoms with van der Waals surface area (Å²) in [6.45, 7) is 0.524. The van der Waals surface area contributed by atoms with Gasteiger partial charge < -0.3 is 10.1 Å². The SMILES string of the molecule is O=C(NCc1cccs1)c1ccccc1Oc1ccccc1. The Balaban J connectivity index is 1.74. The molecule has 4 heteroatoms. The summed E-state index contributed by atoms with van der Waals surface area (Å²) in [6, 6.07) is 20.7. The van der Waals surface area contributed by atoms with E-state index < -0.39 is 0 Å². The lowest BCUT2D eigenvalue weighted by molar-refractivity contribution is 0.0949. The monoisotopic (exact) mass is 309 g/mol. The molecule has 0 aliphatic carbocycles. The number of ether oxygens (including phenoxy) is 1. The van der Waals surface area contributed by atoms with Crippen molar-refractivity contribution in [1.29, 1.82) is 0 Å². The molecule has 22 heavy (non-hydrogen) atoms. The molecule has 1 amide bonds. The van der Waals surface area contributed by atoms with Gasteiger partial charge in [-0.15, -0.1) is 11.3 Å². The molecule has 0 aliphatic heterocycles. The van der Waals surface area contributed by atoms with Crippen molar-refractivity contribution in [3.63, 3.8) is 0 Å². The van der Waals surface area contributed by atoms with Crippen molar-refractivity contribution in [1.82, 2.24) is 5.32 Å². The number of carbonyl (C=O) groups is 1. The van der Waals surface area contributed by atoms with E-state index in [4.69, 9.17) is 4.74 Å². The molecule has 0 fully saturated rings. The number of nitrogens with one attached hydrogen (secondary N) is 1. The first-order chi connectivity index (χ1) is 10.8. The molecule has 0 saturated heterocycles. The lowest BCUT2D eigenvalue weighted by Crippen LogP contribution is -2.22. The van der Waals surface area contributed by atoms with E-state index in [2.05, 4.69) is 5.32 Å². The highest BCUT2D eigenvalue weighted by molar-refractivity contribution is 7.09. The highest BCUT2D eigenvalue weighted by Crippen LogP contribution is 2.25. The maximum Gasteiger partial charge on any atom is 0.255 e. The quantitative estimate of drug-likeness (QED) is 0.755. The Hall–Kier alpha value is -2.59. The minimum absolute atomic E-state index is 0.139. The number of para-hydroxylation sites is 2. The highest BCUT2D eigenvalue weighted by atomic mass is 32.1. The van der Waals surface area contributed by atoms with E-state index in [-0.39, 0.29) is 5.91 Å². The van der Waals surface area contributed by atoms with E-state index in [1.807, 2.05) is 60.0 Å². The van der Waals surface area contributed by atoms with Crippen molar-refractivity contribution in [2.24, 2.45) is 0 Å². The summed E-state index contributed by atoms with van der Waals surface area (Å²) >= 11 is 1.62. The van der Waals surface area contributed by atoms with Crippen molar-refractivity contribution in [3.05, 3.63) is 82.6 Å². The van der Waals surface area contributed by atoms with Crippen molar-refractivity contribution in [2.75, 3.05) is 0 Å². The molecule has 0 saturated carbocycles. The average Bonchev–Trinajstić information content (AvgIpc) is 3.08. The van der Waals surface area contributed by atoms with Crippen LogP contribution in [0.1, 0.15) is 15.2 Å². The van der Waals surface area contributed by atoms with Crippen molar-refractivity contribution >= 4 is 17.2 Å². The third-order valence-corrected chi connectivity index (χ3v) is 3.98. The lowest BCUT2D eigenvalue weighted by atomic mass is 10.2. The third kappa shape index (κ3) is 3.54. The van der Waals surface area contributed by atoms with Gasteiger partial charge in [-0.25, -0.2) is 0 Å². The van der Waals surface area contributed by atoms with E-state index >= 15 is 0 Å². The zero-order valence-electron chi connectivity index (χ0n) is 11.9. The molecule has 0 unspecified atom stereocenters. The Labute approximate surface area is 133 Å². The Morgan fingerprint density at radius 1 is 0.955 bits per heavy atom. The second-order valence-corrected chi connectivity index (χ2v) is 5.71. The number of hydrogen-bond acceptors (Lipinski definition) is 3. The van der Waals surface area contributed by atoms with Crippen LogP contribution in [0.2, 0.25) is 0 Å².